The molecule has 0 aromatic heterocycles. The van der Waals surface area contributed by atoms with Crippen LogP contribution in [0.1, 0.15) is 65.7 Å². The minimum absolute atomic E-state index is 0.269. The van der Waals surface area contributed by atoms with Crippen molar-refractivity contribution >= 4 is 0 Å². The van der Waals surface area contributed by atoms with Gasteiger partial charge in [0.15, 0.2) is 0 Å². The minimum atomic E-state index is 0.269. The van der Waals surface area contributed by atoms with Gasteiger partial charge in [-0.2, -0.15) is 0 Å². The Kier molecular flexibility index (Phi) is 4.94. The molecule has 0 aliphatic carbocycles. The van der Waals surface area contributed by atoms with Crippen molar-refractivity contribution in [3.63, 3.8) is 0 Å². The average Bonchev–Trinajstić information content (AvgIpc) is 2.60. The molecule has 84 valence electrons. The van der Waals surface area contributed by atoms with Gasteiger partial charge in [0.05, 0.1) is 12.2 Å². The lowest BCUT2D eigenvalue weighted by Gasteiger charge is -2.28. The Morgan fingerprint density at radius 1 is 1.14 bits per heavy atom. The van der Waals surface area contributed by atoms with Crippen molar-refractivity contribution in [1.29, 1.82) is 0 Å². The van der Waals surface area contributed by atoms with E-state index in [0.29, 0.717) is 0 Å². The molecule has 1 heteroatoms. The van der Waals surface area contributed by atoms with E-state index in [0.717, 1.165) is 12.5 Å². The van der Waals surface area contributed by atoms with E-state index in [4.69, 9.17) is 4.74 Å². The Bertz CT molecular complexity index is 155. The zero-order valence-electron chi connectivity index (χ0n) is 10.1. The predicted molar refractivity (Wildman–Crippen MR) is 61.5 cm³/mol. The largest absolute Gasteiger partial charge is 0.375 e. The highest BCUT2D eigenvalue weighted by molar-refractivity contribution is 4.88. The monoisotopic (exact) mass is 198 g/mol. The highest BCUT2D eigenvalue weighted by Crippen LogP contribution is 2.39. The van der Waals surface area contributed by atoms with Crippen LogP contribution < -0.4 is 0 Å². The smallest absolute Gasteiger partial charge is 0.0686 e. The van der Waals surface area contributed by atoms with E-state index in [1.807, 2.05) is 0 Å². The van der Waals surface area contributed by atoms with Crippen LogP contribution in [0.5, 0.6) is 0 Å². The molecule has 1 saturated heterocycles. The molecule has 1 fully saturated rings. The van der Waals surface area contributed by atoms with E-state index in [1.54, 1.807) is 0 Å². The van der Waals surface area contributed by atoms with Gasteiger partial charge in [0, 0.05) is 0 Å². The Morgan fingerprint density at radius 2 is 1.93 bits per heavy atom. The summed E-state index contributed by atoms with van der Waals surface area (Å²) < 4.78 is 6.09. The molecular formula is C13H26O. The third-order valence-electron chi connectivity index (χ3n) is 3.55. The molecule has 1 nitrogen and oxygen atoms in total. The molecule has 0 saturated carbocycles. The molecule has 2 atom stereocenters. The molecule has 0 aromatic carbocycles. The summed E-state index contributed by atoms with van der Waals surface area (Å²) in [6.45, 7) is 7.85. The Labute approximate surface area is 89.2 Å². The van der Waals surface area contributed by atoms with Crippen LogP contribution in [-0.4, -0.2) is 12.2 Å². The third-order valence-corrected chi connectivity index (χ3v) is 3.55. The van der Waals surface area contributed by atoms with Crippen LogP contribution in [0.2, 0.25) is 0 Å². The van der Waals surface area contributed by atoms with Crippen molar-refractivity contribution < 1.29 is 4.74 Å². The van der Waals surface area contributed by atoms with Gasteiger partial charge in [-0.25, -0.2) is 0 Å². The second kappa shape index (κ2) is 5.75. The molecular weight excluding hydrogens is 172 g/mol. The van der Waals surface area contributed by atoms with E-state index < -0.39 is 0 Å². The molecule has 1 aliphatic heterocycles. The molecule has 1 heterocycles. The van der Waals surface area contributed by atoms with Crippen molar-refractivity contribution in [1.82, 2.24) is 0 Å². The van der Waals surface area contributed by atoms with Crippen LogP contribution in [0, 0.1) is 5.92 Å². The van der Waals surface area contributed by atoms with Gasteiger partial charge in [-0.15, -0.1) is 0 Å². The summed E-state index contributed by atoms with van der Waals surface area (Å²) in [5.74, 6) is 0.832. The summed E-state index contributed by atoms with van der Waals surface area (Å²) in [4.78, 5) is 0. The highest BCUT2D eigenvalue weighted by atomic mass is 16.5. The van der Waals surface area contributed by atoms with Crippen molar-refractivity contribution in [2.45, 2.75) is 71.3 Å². The normalized spacial score (nSPS) is 32.4. The standard InChI is InChI=1S/C13H26O/c1-4-7-9-13(8-5-2)10-12(6-3)11-14-13/h12H,4-11H2,1-3H3. The molecule has 0 spiro atoms. The van der Waals surface area contributed by atoms with Crippen LogP contribution in [0.3, 0.4) is 0 Å². The van der Waals surface area contributed by atoms with Crippen LogP contribution in [0.4, 0.5) is 0 Å². The molecule has 1 rings (SSSR count). The van der Waals surface area contributed by atoms with Crippen molar-refractivity contribution in [2.24, 2.45) is 5.92 Å². The molecule has 2 unspecified atom stereocenters. The van der Waals surface area contributed by atoms with E-state index in [2.05, 4.69) is 20.8 Å². The van der Waals surface area contributed by atoms with Crippen LogP contribution in [-0.2, 0) is 4.74 Å². The van der Waals surface area contributed by atoms with Gasteiger partial charge in [-0.3, -0.25) is 0 Å². The first-order chi connectivity index (χ1) is 6.76. The summed E-state index contributed by atoms with van der Waals surface area (Å²) in [6, 6.07) is 0. The van der Waals surface area contributed by atoms with Crippen LogP contribution >= 0.6 is 0 Å². The van der Waals surface area contributed by atoms with E-state index in [9.17, 15) is 0 Å². The average molecular weight is 198 g/mol. The van der Waals surface area contributed by atoms with Gasteiger partial charge < -0.3 is 4.74 Å². The SMILES string of the molecule is CCCCC1(CCC)CC(CC)CO1. The fraction of sp³-hybridized carbons (Fsp3) is 1.00. The van der Waals surface area contributed by atoms with Crippen LogP contribution in [0.15, 0.2) is 0 Å². The molecule has 0 aromatic rings. The second-order valence-corrected chi connectivity index (χ2v) is 4.83. The minimum Gasteiger partial charge on any atom is -0.375 e. The molecule has 1 aliphatic rings. The molecule has 0 radical (unpaired) electrons. The summed E-state index contributed by atoms with van der Waals surface area (Å²) in [7, 11) is 0. The fourth-order valence-electron chi connectivity index (χ4n) is 2.63. The van der Waals surface area contributed by atoms with Crippen molar-refractivity contribution in [3.8, 4) is 0 Å². The van der Waals surface area contributed by atoms with Gasteiger partial charge in [-0.1, -0.05) is 46.5 Å². The van der Waals surface area contributed by atoms with Crippen molar-refractivity contribution in [2.75, 3.05) is 6.61 Å². The number of hydrogen-bond donors (Lipinski definition) is 0. The van der Waals surface area contributed by atoms with Crippen molar-refractivity contribution in [3.05, 3.63) is 0 Å². The molecule has 0 N–H and O–H groups in total. The Morgan fingerprint density at radius 3 is 2.43 bits per heavy atom. The van der Waals surface area contributed by atoms with E-state index in [1.165, 1.54) is 44.9 Å². The Balaban J connectivity index is 2.46. The maximum absolute atomic E-state index is 6.09. The van der Waals surface area contributed by atoms with Gasteiger partial charge in [-0.05, 0) is 25.2 Å². The summed E-state index contributed by atoms with van der Waals surface area (Å²) >= 11 is 0. The quantitative estimate of drug-likeness (QED) is 0.622. The fourth-order valence-corrected chi connectivity index (χ4v) is 2.63. The van der Waals surface area contributed by atoms with Gasteiger partial charge >= 0.3 is 0 Å². The third kappa shape index (κ3) is 2.98. The highest BCUT2D eigenvalue weighted by Gasteiger charge is 2.37. The first-order valence-electron chi connectivity index (χ1n) is 6.40. The lowest BCUT2D eigenvalue weighted by atomic mass is 9.85. The summed E-state index contributed by atoms with van der Waals surface area (Å²) in [5.41, 5.74) is 0.269. The lowest BCUT2D eigenvalue weighted by Crippen LogP contribution is -2.27. The van der Waals surface area contributed by atoms with Gasteiger partial charge in [0.2, 0.25) is 0 Å². The first-order valence-corrected chi connectivity index (χ1v) is 6.40. The van der Waals surface area contributed by atoms with E-state index in [-0.39, 0.29) is 5.60 Å². The second-order valence-electron chi connectivity index (χ2n) is 4.83. The molecule has 0 amide bonds. The summed E-state index contributed by atoms with van der Waals surface area (Å²) in [5, 5.41) is 0. The van der Waals surface area contributed by atoms with E-state index >= 15 is 0 Å². The zero-order chi connectivity index (χ0) is 10.4. The lowest BCUT2D eigenvalue weighted by molar-refractivity contribution is -0.0125. The van der Waals surface area contributed by atoms with Crippen LogP contribution in [0.25, 0.3) is 0 Å². The van der Waals surface area contributed by atoms with Gasteiger partial charge in [0.1, 0.15) is 0 Å². The zero-order valence-corrected chi connectivity index (χ0v) is 10.1. The van der Waals surface area contributed by atoms with Gasteiger partial charge in [0.25, 0.3) is 0 Å². The first kappa shape index (κ1) is 12.0. The maximum atomic E-state index is 6.09. The molecule has 14 heavy (non-hydrogen) atoms. The Hall–Kier alpha value is -0.0400. The topological polar surface area (TPSA) is 9.23 Å². The number of hydrogen-bond acceptors (Lipinski definition) is 1. The maximum Gasteiger partial charge on any atom is 0.0686 e. The summed E-state index contributed by atoms with van der Waals surface area (Å²) in [6.07, 6.45) is 9.05. The molecule has 0 bridgehead atoms. The number of unbranched alkanes of at least 4 members (excludes halogenated alkanes) is 1. The predicted octanol–water partition coefficient (Wildman–Crippen LogP) is 4.16. The number of rotatable bonds is 6. The number of ether oxygens (including phenoxy) is 1.